The zero-order valence-electron chi connectivity index (χ0n) is 8.90. The lowest BCUT2D eigenvalue weighted by Gasteiger charge is -2.14. The molecule has 0 amide bonds. The van der Waals surface area contributed by atoms with Crippen LogP contribution in [0.2, 0.25) is 0 Å². The Bertz CT molecular complexity index is 287. The first-order chi connectivity index (χ1) is 6.79. The first-order valence-electron chi connectivity index (χ1n) is 5.19. The van der Waals surface area contributed by atoms with Gasteiger partial charge in [-0.15, -0.1) is 0 Å². The predicted molar refractivity (Wildman–Crippen MR) is 61.0 cm³/mol. The first kappa shape index (κ1) is 11.0. The van der Waals surface area contributed by atoms with Crippen molar-refractivity contribution in [3.05, 3.63) is 42.0 Å². The Morgan fingerprint density at radius 3 is 2.50 bits per heavy atom. The van der Waals surface area contributed by atoms with Crippen LogP contribution >= 0.6 is 0 Å². The van der Waals surface area contributed by atoms with Crippen LogP contribution in [0.15, 0.2) is 36.4 Å². The van der Waals surface area contributed by atoms with Crippen LogP contribution in [-0.2, 0) is 0 Å². The molecule has 0 fully saturated rings. The average molecular weight is 190 g/mol. The number of aliphatic hydroxyl groups excluding tert-OH is 1. The summed E-state index contributed by atoms with van der Waals surface area (Å²) >= 11 is 0. The van der Waals surface area contributed by atoms with Gasteiger partial charge in [-0.1, -0.05) is 49.8 Å². The Labute approximate surface area is 86.1 Å². The van der Waals surface area contributed by atoms with Gasteiger partial charge in [0.25, 0.3) is 0 Å². The summed E-state index contributed by atoms with van der Waals surface area (Å²) in [5, 5.41) is 9.89. The van der Waals surface area contributed by atoms with Crippen molar-refractivity contribution in [1.82, 2.24) is 0 Å². The van der Waals surface area contributed by atoms with Gasteiger partial charge in [0.15, 0.2) is 0 Å². The fraction of sp³-hybridized carbons (Fsp3) is 0.385. The summed E-state index contributed by atoms with van der Waals surface area (Å²) in [5.74, 6) is 0. The maximum Gasteiger partial charge on any atom is 0.0792 e. The third-order valence-corrected chi connectivity index (χ3v) is 2.34. The van der Waals surface area contributed by atoms with Crippen LogP contribution in [-0.4, -0.2) is 11.2 Å². The molecule has 0 radical (unpaired) electrons. The van der Waals surface area contributed by atoms with E-state index in [9.17, 15) is 5.11 Å². The molecule has 0 bridgehead atoms. The summed E-state index contributed by atoms with van der Waals surface area (Å²) < 4.78 is 0. The van der Waals surface area contributed by atoms with E-state index in [1.165, 1.54) is 0 Å². The van der Waals surface area contributed by atoms with E-state index in [4.69, 9.17) is 0 Å². The van der Waals surface area contributed by atoms with E-state index in [2.05, 4.69) is 6.92 Å². The van der Waals surface area contributed by atoms with E-state index >= 15 is 0 Å². The van der Waals surface area contributed by atoms with Crippen molar-refractivity contribution >= 4 is 5.57 Å². The summed E-state index contributed by atoms with van der Waals surface area (Å²) in [7, 11) is 0. The normalized spacial score (nSPS) is 14.1. The summed E-state index contributed by atoms with van der Waals surface area (Å²) in [6, 6.07) is 10.1. The highest BCUT2D eigenvalue weighted by atomic mass is 16.3. The molecule has 0 aliphatic carbocycles. The van der Waals surface area contributed by atoms with Crippen molar-refractivity contribution in [1.29, 1.82) is 0 Å². The number of hydrogen-bond donors (Lipinski definition) is 1. The lowest BCUT2D eigenvalue weighted by Crippen LogP contribution is -2.08. The van der Waals surface area contributed by atoms with Gasteiger partial charge in [-0.2, -0.15) is 0 Å². The summed E-state index contributed by atoms with van der Waals surface area (Å²) in [4.78, 5) is 0. The molecule has 1 aromatic rings. The molecule has 1 atom stereocenters. The maximum absolute atomic E-state index is 9.89. The molecule has 1 nitrogen and oxygen atoms in total. The van der Waals surface area contributed by atoms with Crippen molar-refractivity contribution in [2.24, 2.45) is 0 Å². The van der Waals surface area contributed by atoms with Crippen molar-refractivity contribution in [2.45, 2.75) is 32.8 Å². The minimum absolute atomic E-state index is 0.326. The van der Waals surface area contributed by atoms with Gasteiger partial charge in [-0.3, -0.25) is 0 Å². The van der Waals surface area contributed by atoms with E-state index in [-0.39, 0.29) is 6.10 Å². The zero-order valence-corrected chi connectivity index (χ0v) is 8.90. The monoisotopic (exact) mass is 190 g/mol. The molecular formula is C13H18O. The van der Waals surface area contributed by atoms with E-state index in [0.717, 1.165) is 24.0 Å². The van der Waals surface area contributed by atoms with Gasteiger partial charge in [-0.25, -0.2) is 0 Å². The number of hydrogen-bond acceptors (Lipinski definition) is 1. The van der Waals surface area contributed by atoms with Gasteiger partial charge in [-0.05, 0) is 24.5 Å². The quantitative estimate of drug-likeness (QED) is 0.772. The average Bonchev–Trinajstić information content (AvgIpc) is 2.21. The van der Waals surface area contributed by atoms with E-state index in [1.54, 1.807) is 0 Å². The number of aliphatic hydroxyl groups is 1. The first-order valence-corrected chi connectivity index (χ1v) is 5.19. The molecule has 0 saturated heterocycles. The highest BCUT2D eigenvalue weighted by Gasteiger charge is 2.10. The van der Waals surface area contributed by atoms with Crippen LogP contribution < -0.4 is 0 Å². The SMILES string of the molecule is C/C=C(\c1ccccc1)[C@H](O)CCC. The maximum atomic E-state index is 9.89. The van der Waals surface area contributed by atoms with E-state index in [1.807, 2.05) is 43.3 Å². The third-order valence-electron chi connectivity index (χ3n) is 2.34. The Kier molecular flexibility index (Phi) is 4.41. The minimum Gasteiger partial charge on any atom is -0.388 e. The van der Waals surface area contributed by atoms with Crippen LogP contribution in [0, 0.1) is 0 Å². The Morgan fingerprint density at radius 1 is 1.36 bits per heavy atom. The van der Waals surface area contributed by atoms with Crippen LogP contribution in [0.1, 0.15) is 32.3 Å². The van der Waals surface area contributed by atoms with E-state index < -0.39 is 0 Å². The molecule has 1 aromatic carbocycles. The second kappa shape index (κ2) is 5.61. The molecule has 0 saturated carbocycles. The molecule has 1 N–H and O–H groups in total. The van der Waals surface area contributed by atoms with Gasteiger partial charge in [0.05, 0.1) is 6.10 Å². The molecule has 0 spiro atoms. The topological polar surface area (TPSA) is 20.2 Å². The standard InChI is InChI=1S/C13H18O/c1-3-8-13(14)12(4-2)11-9-6-5-7-10-11/h4-7,9-10,13-14H,3,8H2,1-2H3/b12-4+/t13-/m1/s1. The van der Waals surface area contributed by atoms with Crippen molar-refractivity contribution in [3.8, 4) is 0 Å². The number of rotatable bonds is 4. The molecule has 76 valence electrons. The lowest BCUT2D eigenvalue weighted by molar-refractivity contribution is 0.220. The fourth-order valence-corrected chi connectivity index (χ4v) is 1.61. The van der Waals surface area contributed by atoms with Gasteiger partial charge in [0, 0.05) is 0 Å². The molecular weight excluding hydrogens is 172 g/mol. The van der Waals surface area contributed by atoms with Gasteiger partial charge >= 0.3 is 0 Å². The summed E-state index contributed by atoms with van der Waals surface area (Å²) in [5.41, 5.74) is 2.16. The van der Waals surface area contributed by atoms with E-state index in [0.29, 0.717) is 0 Å². The number of benzene rings is 1. The van der Waals surface area contributed by atoms with Gasteiger partial charge in [0.2, 0.25) is 0 Å². The lowest BCUT2D eigenvalue weighted by atomic mass is 9.97. The van der Waals surface area contributed by atoms with Gasteiger partial charge in [0.1, 0.15) is 0 Å². The molecule has 1 heteroatoms. The largest absolute Gasteiger partial charge is 0.388 e. The zero-order chi connectivity index (χ0) is 10.4. The third kappa shape index (κ3) is 2.71. The Hall–Kier alpha value is -1.08. The summed E-state index contributed by atoms with van der Waals surface area (Å²) in [6.45, 7) is 4.06. The molecule has 0 unspecified atom stereocenters. The highest BCUT2D eigenvalue weighted by Crippen LogP contribution is 2.20. The number of allylic oxidation sites excluding steroid dienone is 1. The highest BCUT2D eigenvalue weighted by molar-refractivity contribution is 5.68. The smallest absolute Gasteiger partial charge is 0.0792 e. The second-order valence-electron chi connectivity index (χ2n) is 3.41. The molecule has 0 heterocycles. The van der Waals surface area contributed by atoms with Gasteiger partial charge < -0.3 is 5.11 Å². The summed E-state index contributed by atoms with van der Waals surface area (Å²) in [6.07, 6.45) is 3.50. The Morgan fingerprint density at radius 2 is 2.00 bits per heavy atom. The van der Waals surface area contributed by atoms with Crippen LogP contribution in [0.5, 0.6) is 0 Å². The van der Waals surface area contributed by atoms with Crippen molar-refractivity contribution in [3.63, 3.8) is 0 Å². The van der Waals surface area contributed by atoms with Crippen molar-refractivity contribution < 1.29 is 5.11 Å². The molecule has 14 heavy (non-hydrogen) atoms. The minimum atomic E-state index is -0.326. The van der Waals surface area contributed by atoms with Crippen LogP contribution in [0.4, 0.5) is 0 Å². The molecule has 0 aliphatic heterocycles. The van der Waals surface area contributed by atoms with Crippen LogP contribution in [0.25, 0.3) is 5.57 Å². The second-order valence-corrected chi connectivity index (χ2v) is 3.41. The Balaban J connectivity index is 2.83. The van der Waals surface area contributed by atoms with Crippen LogP contribution in [0.3, 0.4) is 0 Å². The van der Waals surface area contributed by atoms with Crippen molar-refractivity contribution in [2.75, 3.05) is 0 Å². The predicted octanol–water partition coefficient (Wildman–Crippen LogP) is 3.25. The molecule has 0 aromatic heterocycles. The molecule has 1 rings (SSSR count). The fourth-order valence-electron chi connectivity index (χ4n) is 1.61. The molecule has 0 aliphatic rings.